The summed E-state index contributed by atoms with van der Waals surface area (Å²) in [5.74, 6) is 0.221. The molecule has 144 valence electrons. The molecule has 0 radical (unpaired) electrons. The molecule has 0 aliphatic rings. The number of benzene rings is 2. The Kier molecular flexibility index (Phi) is 6.22. The molecule has 0 spiro atoms. The molecule has 3 aromatic rings. The monoisotopic (exact) mass is 378 g/mol. The minimum absolute atomic E-state index is 0.184. The van der Waals surface area contributed by atoms with Crippen LogP contribution in [0.1, 0.15) is 15.9 Å². The lowest BCUT2D eigenvalue weighted by molar-refractivity contribution is 0.0954. The molecule has 0 unspecified atom stereocenters. The van der Waals surface area contributed by atoms with Gasteiger partial charge in [-0.25, -0.2) is 9.37 Å². The van der Waals surface area contributed by atoms with Crippen LogP contribution in [0.3, 0.4) is 0 Å². The van der Waals surface area contributed by atoms with E-state index in [0.29, 0.717) is 24.3 Å². The number of hydrogen-bond donors (Lipinski definition) is 2. The maximum Gasteiger partial charge on any atom is 0.252 e. The molecule has 0 saturated carbocycles. The van der Waals surface area contributed by atoms with E-state index in [2.05, 4.69) is 15.6 Å². The number of amides is 1. The molecular formula is C22H23FN4O. The molecule has 2 N–H and O–H groups in total. The third kappa shape index (κ3) is 5.30. The smallest absolute Gasteiger partial charge is 0.252 e. The van der Waals surface area contributed by atoms with Gasteiger partial charge in [-0.05, 0) is 60.5 Å². The van der Waals surface area contributed by atoms with Crippen LogP contribution in [0, 0.1) is 5.82 Å². The van der Waals surface area contributed by atoms with Gasteiger partial charge in [-0.15, -0.1) is 0 Å². The lowest BCUT2D eigenvalue weighted by atomic mass is 10.1. The second-order valence-corrected chi connectivity index (χ2v) is 6.63. The largest absolute Gasteiger partial charge is 0.378 e. The Bertz CT molecular complexity index is 907. The van der Waals surface area contributed by atoms with Crippen LogP contribution in [0.25, 0.3) is 0 Å². The fourth-order valence-electron chi connectivity index (χ4n) is 2.67. The standard InChI is InChI=1S/C22H23FN4O/c1-27(2)20-10-8-19(9-11-20)26-21-12-5-17(15-25-21)22(28)24-14-13-16-3-6-18(23)7-4-16/h3-12,15H,13-14H2,1-2H3,(H,24,28)(H,25,26). The molecular weight excluding hydrogens is 355 g/mol. The molecule has 5 nitrogen and oxygen atoms in total. The molecule has 0 fully saturated rings. The van der Waals surface area contributed by atoms with Gasteiger partial charge in [0.1, 0.15) is 11.6 Å². The number of carbonyl (C=O) groups is 1. The van der Waals surface area contributed by atoms with Crippen LogP contribution < -0.4 is 15.5 Å². The minimum Gasteiger partial charge on any atom is -0.378 e. The van der Waals surface area contributed by atoms with Crippen molar-refractivity contribution in [3.8, 4) is 0 Å². The second kappa shape index (κ2) is 8.99. The van der Waals surface area contributed by atoms with Crippen molar-refractivity contribution in [3.05, 3.63) is 83.8 Å². The third-order valence-electron chi connectivity index (χ3n) is 4.29. The molecule has 1 aromatic heterocycles. The van der Waals surface area contributed by atoms with Crippen LogP contribution in [-0.2, 0) is 6.42 Å². The van der Waals surface area contributed by atoms with Crippen LogP contribution in [0.5, 0.6) is 0 Å². The first-order chi connectivity index (χ1) is 13.5. The predicted octanol–water partition coefficient (Wildman–Crippen LogP) is 4.00. The normalized spacial score (nSPS) is 10.4. The zero-order valence-electron chi connectivity index (χ0n) is 15.9. The maximum absolute atomic E-state index is 12.9. The molecule has 1 amide bonds. The van der Waals surface area contributed by atoms with E-state index < -0.39 is 0 Å². The number of nitrogens with one attached hydrogen (secondary N) is 2. The van der Waals surface area contributed by atoms with Crippen molar-refractivity contribution >= 4 is 23.1 Å². The van der Waals surface area contributed by atoms with Gasteiger partial charge in [0.15, 0.2) is 0 Å². The average molecular weight is 378 g/mol. The van der Waals surface area contributed by atoms with Gasteiger partial charge in [0, 0.05) is 38.2 Å². The Morgan fingerprint density at radius 3 is 2.32 bits per heavy atom. The Balaban J connectivity index is 1.51. The fraction of sp³-hybridized carbons (Fsp3) is 0.182. The first-order valence-corrected chi connectivity index (χ1v) is 9.04. The summed E-state index contributed by atoms with van der Waals surface area (Å²) < 4.78 is 12.9. The maximum atomic E-state index is 12.9. The Hall–Kier alpha value is -3.41. The lowest BCUT2D eigenvalue weighted by Crippen LogP contribution is -2.25. The number of rotatable bonds is 7. The highest BCUT2D eigenvalue weighted by Crippen LogP contribution is 2.19. The summed E-state index contributed by atoms with van der Waals surface area (Å²) in [4.78, 5) is 18.6. The van der Waals surface area contributed by atoms with Gasteiger partial charge >= 0.3 is 0 Å². The highest BCUT2D eigenvalue weighted by Gasteiger charge is 2.06. The van der Waals surface area contributed by atoms with Crippen LogP contribution in [-0.4, -0.2) is 31.5 Å². The Morgan fingerprint density at radius 1 is 1.00 bits per heavy atom. The van der Waals surface area contributed by atoms with E-state index in [1.54, 1.807) is 30.5 Å². The van der Waals surface area contributed by atoms with E-state index in [-0.39, 0.29) is 11.7 Å². The zero-order chi connectivity index (χ0) is 19.9. The van der Waals surface area contributed by atoms with E-state index in [9.17, 15) is 9.18 Å². The summed E-state index contributed by atoms with van der Waals surface area (Å²) in [5, 5.41) is 6.06. The number of hydrogen-bond acceptors (Lipinski definition) is 4. The van der Waals surface area contributed by atoms with Crippen molar-refractivity contribution in [2.75, 3.05) is 30.9 Å². The third-order valence-corrected chi connectivity index (χ3v) is 4.29. The summed E-state index contributed by atoms with van der Waals surface area (Å²) in [6.07, 6.45) is 2.19. The Labute approximate surface area is 164 Å². The van der Waals surface area contributed by atoms with Gasteiger partial charge in [0.2, 0.25) is 0 Å². The van der Waals surface area contributed by atoms with E-state index in [4.69, 9.17) is 0 Å². The van der Waals surface area contributed by atoms with E-state index in [0.717, 1.165) is 16.9 Å². The first kappa shape index (κ1) is 19.4. The summed E-state index contributed by atoms with van der Waals surface area (Å²) >= 11 is 0. The van der Waals surface area contributed by atoms with Crippen molar-refractivity contribution < 1.29 is 9.18 Å². The summed E-state index contributed by atoms with van der Waals surface area (Å²) in [7, 11) is 3.99. The number of anilines is 3. The molecule has 1 heterocycles. The number of carbonyl (C=O) groups excluding carboxylic acids is 1. The molecule has 2 aromatic carbocycles. The number of halogens is 1. The van der Waals surface area contributed by atoms with Gasteiger partial charge < -0.3 is 15.5 Å². The molecule has 3 rings (SSSR count). The quantitative estimate of drug-likeness (QED) is 0.652. The topological polar surface area (TPSA) is 57.3 Å². The lowest BCUT2D eigenvalue weighted by Gasteiger charge is -2.13. The summed E-state index contributed by atoms with van der Waals surface area (Å²) in [5.41, 5.74) is 3.51. The van der Waals surface area contributed by atoms with Gasteiger partial charge in [0.25, 0.3) is 5.91 Å². The SMILES string of the molecule is CN(C)c1ccc(Nc2ccc(C(=O)NCCc3ccc(F)cc3)cn2)cc1. The predicted molar refractivity (Wildman–Crippen MR) is 111 cm³/mol. The van der Waals surface area contributed by atoms with E-state index in [1.807, 2.05) is 43.3 Å². The van der Waals surface area contributed by atoms with Crippen molar-refractivity contribution in [2.24, 2.45) is 0 Å². The van der Waals surface area contributed by atoms with Crippen LogP contribution in [0.4, 0.5) is 21.6 Å². The van der Waals surface area contributed by atoms with Gasteiger partial charge in [0.05, 0.1) is 5.56 Å². The molecule has 0 aliphatic carbocycles. The highest BCUT2D eigenvalue weighted by atomic mass is 19.1. The summed E-state index contributed by atoms with van der Waals surface area (Å²) in [6, 6.07) is 17.8. The first-order valence-electron chi connectivity index (χ1n) is 9.04. The van der Waals surface area contributed by atoms with E-state index in [1.165, 1.54) is 12.1 Å². The highest BCUT2D eigenvalue weighted by molar-refractivity contribution is 5.94. The molecule has 0 aliphatic heterocycles. The number of pyridine rings is 1. The van der Waals surface area contributed by atoms with Crippen molar-refractivity contribution in [3.63, 3.8) is 0 Å². The molecule has 6 heteroatoms. The number of aromatic nitrogens is 1. The zero-order valence-corrected chi connectivity index (χ0v) is 15.9. The summed E-state index contributed by atoms with van der Waals surface area (Å²) in [6.45, 7) is 0.475. The van der Waals surface area contributed by atoms with Crippen molar-refractivity contribution in [1.82, 2.24) is 10.3 Å². The molecule has 0 atom stereocenters. The van der Waals surface area contributed by atoms with Crippen molar-refractivity contribution in [1.29, 1.82) is 0 Å². The van der Waals surface area contributed by atoms with Gasteiger partial charge in [-0.2, -0.15) is 0 Å². The average Bonchev–Trinajstić information content (AvgIpc) is 2.70. The second-order valence-electron chi connectivity index (χ2n) is 6.63. The Morgan fingerprint density at radius 2 is 1.71 bits per heavy atom. The molecule has 0 saturated heterocycles. The number of nitrogens with zero attached hydrogens (tertiary/aromatic N) is 2. The van der Waals surface area contributed by atoms with Crippen LogP contribution in [0.2, 0.25) is 0 Å². The van der Waals surface area contributed by atoms with Crippen LogP contribution >= 0.6 is 0 Å². The molecule has 28 heavy (non-hydrogen) atoms. The fourth-order valence-corrected chi connectivity index (χ4v) is 2.67. The van der Waals surface area contributed by atoms with Gasteiger partial charge in [-0.3, -0.25) is 4.79 Å². The minimum atomic E-state index is -0.263. The van der Waals surface area contributed by atoms with Gasteiger partial charge in [-0.1, -0.05) is 12.1 Å². The molecule has 0 bridgehead atoms. The van der Waals surface area contributed by atoms with Crippen LogP contribution in [0.15, 0.2) is 66.9 Å². The van der Waals surface area contributed by atoms with Crippen molar-refractivity contribution in [2.45, 2.75) is 6.42 Å². The van der Waals surface area contributed by atoms with E-state index >= 15 is 0 Å².